The number of nitrogens with one attached hydrogen (secondary N) is 1. The molecule has 0 saturated heterocycles. The highest BCUT2D eigenvalue weighted by Crippen LogP contribution is 2.17. The highest BCUT2D eigenvalue weighted by molar-refractivity contribution is 7.11. The van der Waals surface area contributed by atoms with Crippen LogP contribution in [0.2, 0.25) is 0 Å². The maximum absolute atomic E-state index is 4.51. The fourth-order valence-corrected chi connectivity index (χ4v) is 2.51. The van der Waals surface area contributed by atoms with E-state index < -0.39 is 0 Å². The molecule has 2 aromatic rings. The molecule has 5 nitrogen and oxygen atoms in total. The monoisotopic (exact) mass is 279 g/mol. The second-order valence-corrected chi connectivity index (χ2v) is 7.00. The Hall–Kier alpha value is -1.27. The van der Waals surface area contributed by atoms with Crippen LogP contribution in [0.5, 0.6) is 0 Å². The number of thiazole rings is 1. The SMILES string of the molecule is Cc1nc(Cn2cnc(CNC(C)(C)C)n2)sc1C. The zero-order valence-corrected chi connectivity index (χ0v) is 13.0. The summed E-state index contributed by atoms with van der Waals surface area (Å²) in [6, 6.07) is 0. The van der Waals surface area contributed by atoms with Crippen molar-refractivity contribution in [3.63, 3.8) is 0 Å². The van der Waals surface area contributed by atoms with Gasteiger partial charge >= 0.3 is 0 Å². The molecule has 104 valence electrons. The minimum atomic E-state index is 0.0784. The summed E-state index contributed by atoms with van der Waals surface area (Å²) in [5.41, 5.74) is 1.18. The van der Waals surface area contributed by atoms with Gasteiger partial charge in [-0.1, -0.05) is 0 Å². The number of hydrogen-bond donors (Lipinski definition) is 1. The van der Waals surface area contributed by atoms with Gasteiger partial charge in [0.05, 0.1) is 18.8 Å². The summed E-state index contributed by atoms with van der Waals surface area (Å²) in [7, 11) is 0. The molecule has 0 saturated carbocycles. The second kappa shape index (κ2) is 5.38. The first-order chi connectivity index (χ1) is 8.83. The van der Waals surface area contributed by atoms with Gasteiger partial charge in [-0.25, -0.2) is 14.6 Å². The first-order valence-corrected chi connectivity index (χ1v) is 7.21. The Bertz CT molecular complexity index is 530. The van der Waals surface area contributed by atoms with Gasteiger partial charge in [0.15, 0.2) is 5.82 Å². The Morgan fingerprint density at radius 1 is 1.32 bits per heavy atom. The third-order valence-corrected chi connectivity index (χ3v) is 3.79. The van der Waals surface area contributed by atoms with E-state index in [1.165, 1.54) is 4.88 Å². The van der Waals surface area contributed by atoms with E-state index in [9.17, 15) is 0 Å². The lowest BCUT2D eigenvalue weighted by Crippen LogP contribution is -2.35. The third kappa shape index (κ3) is 4.11. The van der Waals surface area contributed by atoms with E-state index in [-0.39, 0.29) is 5.54 Å². The van der Waals surface area contributed by atoms with E-state index in [1.807, 2.05) is 11.6 Å². The van der Waals surface area contributed by atoms with E-state index in [0.29, 0.717) is 13.1 Å². The minimum absolute atomic E-state index is 0.0784. The van der Waals surface area contributed by atoms with Crippen molar-refractivity contribution < 1.29 is 0 Å². The Morgan fingerprint density at radius 3 is 2.63 bits per heavy atom. The van der Waals surface area contributed by atoms with Crippen molar-refractivity contribution in [3.05, 3.63) is 27.7 Å². The summed E-state index contributed by atoms with van der Waals surface area (Å²) in [5, 5.41) is 8.91. The van der Waals surface area contributed by atoms with E-state index in [2.05, 4.69) is 48.1 Å². The van der Waals surface area contributed by atoms with Crippen LogP contribution in [0.25, 0.3) is 0 Å². The minimum Gasteiger partial charge on any atom is -0.305 e. The molecule has 0 bridgehead atoms. The molecule has 0 aliphatic rings. The van der Waals surface area contributed by atoms with Gasteiger partial charge in [-0.15, -0.1) is 11.3 Å². The fourth-order valence-electron chi connectivity index (χ4n) is 1.58. The number of rotatable bonds is 4. The van der Waals surface area contributed by atoms with Crippen molar-refractivity contribution in [2.24, 2.45) is 0 Å². The van der Waals surface area contributed by atoms with Gasteiger partial charge in [-0.05, 0) is 34.6 Å². The van der Waals surface area contributed by atoms with Gasteiger partial charge in [0.25, 0.3) is 0 Å². The molecule has 0 aliphatic heterocycles. The third-order valence-electron chi connectivity index (χ3n) is 2.73. The van der Waals surface area contributed by atoms with Crippen LogP contribution < -0.4 is 5.32 Å². The molecule has 2 rings (SSSR count). The first kappa shape index (κ1) is 14.1. The van der Waals surface area contributed by atoms with Crippen molar-refractivity contribution in [3.8, 4) is 0 Å². The average molecular weight is 279 g/mol. The molecule has 1 N–H and O–H groups in total. The molecule has 0 radical (unpaired) electrons. The largest absolute Gasteiger partial charge is 0.305 e. The van der Waals surface area contributed by atoms with E-state index in [4.69, 9.17) is 0 Å². The molecule has 0 unspecified atom stereocenters. The molecule has 2 aromatic heterocycles. The normalized spacial score (nSPS) is 12.1. The van der Waals surface area contributed by atoms with Crippen molar-refractivity contribution in [2.45, 2.75) is 53.2 Å². The molecule has 0 atom stereocenters. The van der Waals surface area contributed by atoms with Crippen LogP contribution in [0.4, 0.5) is 0 Å². The molecular formula is C13H21N5S. The molecular weight excluding hydrogens is 258 g/mol. The molecule has 0 aromatic carbocycles. The maximum Gasteiger partial charge on any atom is 0.164 e. The Labute approximate surface area is 118 Å². The van der Waals surface area contributed by atoms with Crippen LogP contribution in [0, 0.1) is 13.8 Å². The number of hydrogen-bond acceptors (Lipinski definition) is 5. The molecule has 19 heavy (non-hydrogen) atoms. The highest BCUT2D eigenvalue weighted by Gasteiger charge is 2.11. The van der Waals surface area contributed by atoms with Gasteiger partial charge in [0, 0.05) is 10.4 Å². The summed E-state index contributed by atoms with van der Waals surface area (Å²) >= 11 is 1.72. The maximum atomic E-state index is 4.51. The summed E-state index contributed by atoms with van der Waals surface area (Å²) in [5.74, 6) is 0.819. The number of aryl methyl sites for hydroxylation is 2. The number of aromatic nitrogens is 4. The Balaban J connectivity index is 1.97. The summed E-state index contributed by atoms with van der Waals surface area (Å²) in [6.45, 7) is 11.9. The smallest absolute Gasteiger partial charge is 0.164 e. The summed E-state index contributed by atoms with van der Waals surface area (Å²) in [4.78, 5) is 10.1. The topological polar surface area (TPSA) is 55.6 Å². The predicted molar refractivity (Wildman–Crippen MR) is 77.3 cm³/mol. The molecule has 2 heterocycles. The van der Waals surface area contributed by atoms with Gasteiger partial charge in [-0.3, -0.25) is 0 Å². The second-order valence-electron chi connectivity index (χ2n) is 5.71. The summed E-state index contributed by atoms with van der Waals surface area (Å²) in [6.07, 6.45) is 1.77. The standard InChI is InChI=1S/C13H21N5S/c1-9-10(2)19-12(16-9)7-18-8-14-11(17-18)6-15-13(3,4)5/h8,15H,6-7H2,1-5H3. The Kier molecular flexibility index (Phi) is 4.01. The van der Waals surface area contributed by atoms with Gasteiger partial charge in [0.2, 0.25) is 0 Å². The molecule has 0 spiro atoms. The van der Waals surface area contributed by atoms with Gasteiger partial charge in [-0.2, -0.15) is 5.10 Å². The van der Waals surface area contributed by atoms with E-state index in [0.717, 1.165) is 16.5 Å². The van der Waals surface area contributed by atoms with Gasteiger partial charge in [0.1, 0.15) is 11.3 Å². The lowest BCUT2D eigenvalue weighted by Gasteiger charge is -2.19. The van der Waals surface area contributed by atoms with Gasteiger partial charge < -0.3 is 5.32 Å². The van der Waals surface area contributed by atoms with Crippen LogP contribution in [0.1, 0.15) is 42.2 Å². The lowest BCUT2D eigenvalue weighted by atomic mass is 10.1. The average Bonchev–Trinajstić information content (AvgIpc) is 2.84. The molecule has 6 heteroatoms. The zero-order chi connectivity index (χ0) is 14.0. The quantitative estimate of drug-likeness (QED) is 0.933. The predicted octanol–water partition coefficient (Wildman–Crippen LogP) is 2.29. The number of nitrogens with zero attached hydrogens (tertiary/aromatic N) is 4. The van der Waals surface area contributed by atoms with Crippen molar-refractivity contribution in [1.82, 2.24) is 25.1 Å². The van der Waals surface area contributed by atoms with Crippen LogP contribution in [-0.2, 0) is 13.1 Å². The zero-order valence-electron chi connectivity index (χ0n) is 12.2. The van der Waals surface area contributed by atoms with Crippen LogP contribution in [-0.4, -0.2) is 25.3 Å². The molecule has 0 aliphatic carbocycles. The van der Waals surface area contributed by atoms with Crippen LogP contribution in [0.15, 0.2) is 6.33 Å². The van der Waals surface area contributed by atoms with Crippen molar-refractivity contribution in [1.29, 1.82) is 0 Å². The Morgan fingerprint density at radius 2 is 2.05 bits per heavy atom. The first-order valence-electron chi connectivity index (χ1n) is 6.40. The molecule has 0 amide bonds. The van der Waals surface area contributed by atoms with E-state index in [1.54, 1.807) is 17.7 Å². The van der Waals surface area contributed by atoms with Crippen LogP contribution >= 0.6 is 11.3 Å². The molecule has 0 fully saturated rings. The van der Waals surface area contributed by atoms with Crippen molar-refractivity contribution >= 4 is 11.3 Å². The van der Waals surface area contributed by atoms with E-state index >= 15 is 0 Å². The fraction of sp³-hybridized carbons (Fsp3) is 0.615. The van der Waals surface area contributed by atoms with Crippen LogP contribution in [0.3, 0.4) is 0 Å². The summed E-state index contributed by atoms with van der Waals surface area (Å²) < 4.78 is 1.84. The highest BCUT2D eigenvalue weighted by atomic mass is 32.1. The van der Waals surface area contributed by atoms with Crippen molar-refractivity contribution in [2.75, 3.05) is 0 Å². The lowest BCUT2D eigenvalue weighted by molar-refractivity contribution is 0.417.